The molecule has 0 fully saturated rings. The lowest BCUT2D eigenvalue weighted by Crippen LogP contribution is -2.40. The summed E-state index contributed by atoms with van der Waals surface area (Å²) in [5.41, 5.74) is 0. The highest BCUT2D eigenvalue weighted by Crippen LogP contribution is 2.07. The maximum atomic E-state index is 11.7. The van der Waals surface area contributed by atoms with Crippen molar-refractivity contribution in [3.8, 4) is 0 Å². The Morgan fingerprint density at radius 1 is 1.32 bits per heavy atom. The third kappa shape index (κ3) is 10.8. The summed E-state index contributed by atoms with van der Waals surface area (Å²) in [5, 5.41) is 8.65. The molecule has 0 bridgehead atoms. The van der Waals surface area contributed by atoms with Gasteiger partial charge in [-0.25, -0.2) is 4.99 Å². The molecule has 0 saturated heterocycles. The van der Waals surface area contributed by atoms with E-state index in [4.69, 9.17) is 4.74 Å². The minimum absolute atomic E-state index is 0.0142. The first-order chi connectivity index (χ1) is 12.0. The van der Waals surface area contributed by atoms with E-state index in [9.17, 15) is 4.79 Å². The maximum Gasteiger partial charge on any atom is 0.243 e. The van der Waals surface area contributed by atoms with Gasteiger partial charge in [0.15, 0.2) is 5.96 Å². The number of thiophene rings is 1. The lowest BCUT2D eigenvalue weighted by Gasteiger charge is -2.14. The van der Waals surface area contributed by atoms with Crippen LogP contribution in [0.1, 0.15) is 25.1 Å². The molecule has 0 aliphatic rings. The molecule has 1 heterocycles. The molecule has 0 aromatic carbocycles. The average Bonchev–Trinajstić information content (AvgIpc) is 3.07. The zero-order chi connectivity index (χ0) is 18.5. The Hall–Kier alpha value is -1.60. The zero-order valence-electron chi connectivity index (χ0n) is 15.9. The number of hydrogen-bond donors (Lipinski definition) is 2. The van der Waals surface area contributed by atoms with E-state index < -0.39 is 0 Å². The number of carbonyl (C=O) groups is 1. The second-order valence-corrected chi connectivity index (χ2v) is 7.49. The van der Waals surface area contributed by atoms with Crippen molar-refractivity contribution in [2.45, 2.75) is 26.7 Å². The first kappa shape index (κ1) is 21.4. The van der Waals surface area contributed by atoms with E-state index in [2.05, 4.69) is 47.0 Å². The molecule has 142 valence electrons. The molecule has 1 rings (SSSR count). The van der Waals surface area contributed by atoms with Crippen molar-refractivity contribution in [1.29, 1.82) is 0 Å². The number of ether oxygens (including phenoxy) is 1. The summed E-state index contributed by atoms with van der Waals surface area (Å²) in [7, 11) is 3.47. The average molecular weight is 369 g/mol. The molecule has 0 aliphatic heterocycles. The SMILES string of the molecule is CC(C)COCCCNC(=NCC(=O)N(C)C)NCCc1cccs1. The van der Waals surface area contributed by atoms with Crippen LogP contribution in [0.5, 0.6) is 0 Å². The molecule has 6 nitrogen and oxygen atoms in total. The number of nitrogens with zero attached hydrogens (tertiary/aromatic N) is 2. The van der Waals surface area contributed by atoms with Gasteiger partial charge in [0.25, 0.3) is 0 Å². The standard InChI is InChI=1S/C18H32N4O2S/c1-15(2)14-24-11-6-9-19-18(21-13-17(23)22(3)4)20-10-8-16-7-5-12-25-16/h5,7,12,15H,6,8-11,13-14H2,1-4H3,(H2,19,20,21). The fraction of sp³-hybridized carbons (Fsp3) is 0.667. The van der Waals surface area contributed by atoms with Crippen molar-refractivity contribution in [1.82, 2.24) is 15.5 Å². The van der Waals surface area contributed by atoms with Gasteiger partial charge in [-0.05, 0) is 30.2 Å². The van der Waals surface area contributed by atoms with E-state index in [1.54, 1.807) is 30.3 Å². The van der Waals surface area contributed by atoms with E-state index in [0.717, 1.165) is 39.1 Å². The summed E-state index contributed by atoms with van der Waals surface area (Å²) in [6.07, 6.45) is 1.84. The first-order valence-electron chi connectivity index (χ1n) is 8.81. The van der Waals surface area contributed by atoms with Crippen molar-refractivity contribution in [3.63, 3.8) is 0 Å². The molecule has 25 heavy (non-hydrogen) atoms. The number of likely N-dealkylation sites (N-methyl/N-ethyl adjacent to an activating group) is 1. The second kappa shape index (κ2) is 12.7. The predicted octanol–water partition coefficient (Wildman–Crippen LogP) is 1.98. The number of guanidine groups is 1. The number of hydrogen-bond acceptors (Lipinski definition) is 4. The summed E-state index contributed by atoms with van der Waals surface area (Å²) in [4.78, 5) is 19.0. The molecule has 0 radical (unpaired) electrons. The molecular formula is C18H32N4O2S. The van der Waals surface area contributed by atoms with E-state index in [1.165, 1.54) is 4.88 Å². The van der Waals surface area contributed by atoms with Gasteiger partial charge in [0, 0.05) is 45.3 Å². The van der Waals surface area contributed by atoms with Gasteiger partial charge in [-0.1, -0.05) is 19.9 Å². The largest absolute Gasteiger partial charge is 0.381 e. The Morgan fingerprint density at radius 3 is 2.72 bits per heavy atom. The van der Waals surface area contributed by atoms with E-state index in [0.29, 0.717) is 11.9 Å². The summed E-state index contributed by atoms with van der Waals surface area (Å²) < 4.78 is 5.58. The molecule has 0 spiro atoms. The third-order valence-corrected chi connectivity index (χ3v) is 4.26. The van der Waals surface area contributed by atoms with Gasteiger partial charge in [-0.15, -0.1) is 11.3 Å². The number of rotatable bonds is 11. The maximum absolute atomic E-state index is 11.7. The Labute approximate surface area is 155 Å². The van der Waals surface area contributed by atoms with Gasteiger partial charge < -0.3 is 20.3 Å². The van der Waals surface area contributed by atoms with Crippen LogP contribution in [-0.4, -0.2) is 63.7 Å². The third-order valence-electron chi connectivity index (χ3n) is 3.32. The van der Waals surface area contributed by atoms with Crippen molar-refractivity contribution in [3.05, 3.63) is 22.4 Å². The van der Waals surface area contributed by atoms with E-state index in [1.807, 2.05) is 0 Å². The van der Waals surface area contributed by atoms with Crippen LogP contribution in [0.4, 0.5) is 0 Å². The minimum Gasteiger partial charge on any atom is -0.381 e. The van der Waals surface area contributed by atoms with Crippen LogP contribution in [0.2, 0.25) is 0 Å². The van der Waals surface area contributed by atoms with Crippen LogP contribution in [0, 0.1) is 5.92 Å². The van der Waals surface area contributed by atoms with Crippen LogP contribution >= 0.6 is 11.3 Å². The lowest BCUT2D eigenvalue weighted by molar-refractivity contribution is -0.127. The predicted molar refractivity (Wildman–Crippen MR) is 105 cm³/mol. The molecular weight excluding hydrogens is 336 g/mol. The first-order valence-corrected chi connectivity index (χ1v) is 9.69. The minimum atomic E-state index is -0.0142. The highest BCUT2D eigenvalue weighted by molar-refractivity contribution is 7.09. The van der Waals surface area contributed by atoms with Gasteiger partial charge in [0.05, 0.1) is 0 Å². The summed E-state index contributed by atoms with van der Waals surface area (Å²) >= 11 is 1.75. The Bertz CT molecular complexity index is 501. The monoisotopic (exact) mass is 368 g/mol. The van der Waals surface area contributed by atoms with Crippen LogP contribution in [0.15, 0.2) is 22.5 Å². The zero-order valence-corrected chi connectivity index (χ0v) is 16.7. The number of aliphatic imine (C=N–C) groups is 1. The van der Waals surface area contributed by atoms with E-state index >= 15 is 0 Å². The van der Waals surface area contributed by atoms with Gasteiger partial charge in [0.2, 0.25) is 5.91 Å². The Kier molecular flexibility index (Phi) is 10.9. The number of amides is 1. The molecule has 1 aromatic rings. The fourth-order valence-corrected chi connectivity index (χ4v) is 2.63. The summed E-state index contributed by atoms with van der Waals surface area (Å²) in [6, 6.07) is 4.18. The van der Waals surface area contributed by atoms with Gasteiger partial charge in [-0.2, -0.15) is 0 Å². The van der Waals surface area contributed by atoms with Crippen molar-refractivity contribution >= 4 is 23.2 Å². The fourth-order valence-electron chi connectivity index (χ4n) is 1.92. The lowest BCUT2D eigenvalue weighted by atomic mass is 10.2. The van der Waals surface area contributed by atoms with Gasteiger partial charge in [0.1, 0.15) is 6.54 Å². The normalized spacial score (nSPS) is 11.6. The highest BCUT2D eigenvalue weighted by Gasteiger charge is 2.05. The summed E-state index contributed by atoms with van der Waals surface area (Å²) in [5.74, 6) is 1.22. The topological polar surface area (TPSA) is 66.0 Å². The van der Waals surface area contributed by atoms with Crippen LogP contribution in [0.3, 0.4) is 0 Å². The van der Waals surface area contributed by atoms with Crippen LogP contribution in [0.25, 0.3) is 0 Å². The molecule has 0 aliphatic carbocycles. The molecule has 0 unspecified atom stereocenters. The molecule has 1 amide bonds. The smallest absolute Gasteiger partial charge is 0.243 e. The molecule has 0 atom stereocenters. The van der Waals surface area contributed by atoms with Crippen molar-refractivity contribution in [2.75, 3.05) is 46.9 Å². The molecule has 2 N–H and O–H groups in total. The Balaban J connectivity index is 2.35. The van der Waals surface area contributed by atoms with Gasteiger partial charge in [-0.3, -0.25) is 4.79 Å². The highest BCUT2D eigenvalue weighted by atomic mass is 32.1. The number of carbonyl (C=O) groups excluding carboxylic acids is 1. The Morgan fingerprint density at radius 2 is 2.08 bits per heavy atom. The molecule has 7 heteroatoms. The van der Waals surface area contributed by atoms with Crippen LogP contribution in [-0.2, 0) is 16.0 Å². The van der Waals surface area contributed by atoms with Crippen molar-refractivity contribution < 1.29 is 9.53 Å². The molecule has 1 aromatic heterocycles. The summed E-state index contributed by atoms with van der Waals surface area (Å²) in [6.45, 7) is 7.49. The second-order valence-electron chi connectivity index (χ2n) is 6.46. The number of nitrogens with one attached hydrogen (secondary N) is 2. The van der Waals surface area contributed by atoms with Gasteiger partial charge >= 0.3 is 0 Å². The molecule has 0 saturated carbocycles. The van der Waals surface area contributed by atoms with E-state index in [-0.39, 0.29) is 12.5 Å². The van der Waals surface area contributed by atoms with Crippen LogP contribution < -0.4 is 10.6 Å². The quantitative estimate of drug-likeness (QED) is 0.356. The van der Waals surface area contributed by atoms with Crippen molar-refractivity contribution in [2.24, 2.45) is 10.9 Å².